The number of aromatic nitrogens is 2. The molecule has 1 saturated heterocycles. The Morgan fingerprint density at radius 1 is 1.03 bits per heavy atom. The zero-order chi connectivity index (χ0) is 22.5. The van der Waals surface area contributed by atoms with Gasteiger partial charge in [0.05, 0.1) is 18.5 Å². The molecule has 1 aliphatic carbocycles. The van der Waals surface area contributed by atoms with E-state index in [0.717, 1.165) is 48.5 Å². The van der Waals surface area contributed by atoms with Gasteiger partial charge in [0.1, 0.15) is 11.4 Å². The van der Waals surface area contributed by atoms with E-state index in [9.17, 15) is 4.79 Å². The Bertz CT molecular complexity index is 1150. The first-order valence-corrected chi connectivity index (χ1v) is 11.4. The maximum absolute atomic E-state index is 13.9. The van der Waals surface area contributed by atoms with Crippen LogP contribution >= 0.6 is 0 Å². The Morgan fingerprint density at radius 2 is 1.81 bits per heavy atom. The molecule has 2 bridgehead atoms. The molecule has 32 heavy (non-hydrogen) atoms. The van der Waals surface area contributed by atoms with E-state index < -0.39 is 0 Å². The molecule has 2 heterocycles. The third-order valence-electron chi connectivity index (χ3n) is 6.97. The summed E-state index contributed by atoms with van der Waals surface area (Å²) in [5.41, 5.74) is 3.65. The SMILES string of the molecule is COc1cccc(-c2cc(C(=O)N3C[C@]4(C)C[C@H]3CC(C)(C)C4)n(-c3ccccc3)n2)c1. The second-order valence-electron chi connectivity index (χ2n) is 10.5. The van der Waals surface area contributed by atoms with Gasteiger partial charge in [0.15, 0.2) is 0 Å². The molecule has 5 rings (SSSR count). The molecule has 166 valence electrons. The number of fused-ring (bicyclic) bond motifs is 2. The van der Waals surface area contributed by atoms with E-state index in [0.29, 0.717) is 5.69 Å². The second kappa shape index (κ2) is 7.51. The Morgan fingerprint density at radius 3 is 2.56 bits per heavy atom. The number of ether oxygens (including phenoxy) is 1. The molecular formula is C27H31N3O2. The van der Waals surface area contributed by atoms with Gasteiger partial charge >= 0.3 is 0 Å². The highest BCUT2D eigenvalue weighted by Crippen LogP contribution is 2.52. The third kappa shape index (κ3) is 3.70. The smallest absolute Gasteiger partial charge is 0.272 e. The molecule has 1 aliphatic heterocycles. The zero-order valence-electron chi connectivity index (χ0n) is 19.3. The molecule has 3 aromatic rings. The lowest BCUT2D eigenvalue weighted by Gasteiger charge is -2.39. The molecule has 1 aromatic heterocycles. The third-order valence-corrected chi connectivity index (χ3v) is 6.97. The molecule has 2 fully saturated rings. The van der Waals surface area contributed by atoms with E-state index >= 15 is 0 Å². The summed E-state index contributed by atoms with van der Waals surface area (Å²) in [4.78, 5) is 16.1. The fraction of sp³-hybridized carbons (Fsp3) is 0.407. The highest BCUT2D eigenvalue weighted by molar-refractivity contribution is 5.95. The molecular weight excluding hydrogens is 398 g/mol. The van der Waals surface area contributed by atoms with Crippen molar-refractivity contribution in [1.82, 2.24) is 14.7 Å². The molecule has 2 aromatic carbocycles. The minimum atomic E-state index is 0.0712. The van der Waals surface area contributed by atoms with Gasteiger partial charge in [0, 0.05) is 18.2 Å². The predicted molar refractivity (Wildman–Crippen MR) is 126 cm³/mol. The van der Waals surface area contributed by atoms with E-state index in [-0.39, 0.29) is 22.8 Å². The van der Waals surface area contributed by atoms with Gasteiger partial charge in [-0.1, -0.05) is 51.1 Å². The van der Waals surface area contributed by atoms with Crippen LogP contribution in [0.5, 0.6) is 5.75 Å². The second-order valence-corrected chi connectivity index (χ2v) is 10.5. The van der Waals surface area contributed by atoms with E-state index in [4.69, 9.17) is 9.84 Å². The predicted octanol–water partition coefficient (Wildman–Crippen LogP) is 5.59. The van der Waals surface area contributed by atoms with Gasteiger partial charge in [-0.05, 0) is 60.4 Å². The number of para-hydroxylation sites is 1. The number of carbonyl (C=O) groups excluding carboxylic acids is 1. The van der Waals surface area contributed by atoms with Crippen molar-refractivity contribution >= 4 is 5.91 Å². The monoisotopic (exact) mass is 429 g/mol. The summed E-state index contributed by atoms with van der Waals surface area (Å²) in [6, 6.07) is 19.9. The van der Waals surface area contributed by atoms with Crippen molar-refractivity contribution in [3.05, 3.63) is 66.4 Å². The van der Waals surface area contributed by atoms with Crippen molar-refractivity contribution in [2.75, 3.05) is 13.7 Å². The molecule has 1 amide bonds. The molecule has 2 aliphatic rings. The van der Waals surface area contributed by atoms with Crippen molar-refractivity contribution in [2.45, 2.75) is 46.1 Å². The minimum Gasteiger partial charge on any atom is -0.497 e. The topological polar surface area (TPSA) is 47.4 Å². The number of nitrogens with zero attached hydrogens (tertiary/aromatic N) is 3. The number of amides is 1. The summed E-state index contributed by atoms with van der Waals surface area (Å²) in [6.07, 6.45) is 3.30. The van der Waals surface area contributed by atoms with E-state index in [1.807, 2.05) is 60.7 Å². The number of rotatable bonds is 4. The van der Waals surface area contributed by atoms with Crippen LogP contribution in [0.15, 0.2) is 60.7 Å². The average Bonchev–Trinajstić information content (AvgIpc) is 3.32. The maximum atomic E-state index is 13.9. The highest BCUT2D eigenvalue weighted by atomic mass is 16.5. The van der Waals surface area contributed by atoms with Gasteiger partial charge in [-0.25, -0.2) is 4.68 Å². The van der Waals surface area contributed by atoms with Gasteiger partial charge in [0.2, 0.25) is 0 Å². The molecule has 0 spiro atoms. The fourth-order valence-corrected chi connectivity index (χ4v) is 6.07. The first-order chi connectivity index (χ1) is 15.3. The van der Waals surface area contributed by atoms with Gasteiger partial charge < -0.3 is 9.64 Å². The number of carbonyl (C=O) groups is 1. The Kier molecular flexibility index (Phi) is 4.88. The molecule has 0 N–H and O–H groups in total. The van der Waals surface area contributed by atoms with Gasteiger partial charge in [-0.3, -0.25) is 4.79 Å². The van der Waals surface area contributed by atoms with Crippen LogP contribution in [0.1, 0.15) is 50.5 Å². The minimum absolute atomic E-state index is 0.0712. The van der Waals surface area contributed by atoms with Crippen molar-refractivity contribution in [3.8, 4) is 22.7 Å². The zero-order valence-corrected chi connectivity index (χ0v) is 19.3. The van der Waals surface area contributed by atoms with Crippen molar-refractivity contribution in [2.24, 2.45) is 10.8 Å². The Balaban J connectivity index is 1.57. The van der Waals surface area contributed by atoms with Crippen LogP contribution in [-0.4, -0.2) is 40.3 Å². The molecule has 1 saturated carbocycles. The number of hydrogen-bond acceptors (Lipinski definition) is 3. The molecule has 0 unspecified atom stereocenters. The van der Waals surface area contributed by atoms with Crippen LogP contribution in [0, 0.1) is 10.8 Å². The quantitative estimate of drug-likeness (QED) is 0.543. The van der Waals surface area contributed by atoms with E-state index in [1.165, 1.54) is 0 Å². The summed E-state index contributed by atoms with van der Waals surface area (Å²) >= 11 is 0. The number of hydrogen-bond donors (Lipinski definition) is 0. The van der Waals surface area contributed by atoms with Crippen LogP contribution in [0.25, 0.3) is 16.9 Å². The summed E-state index contributed by atoms with van der Waals surface area (Å²) in [5.74, 6) is 0.843. The Labute approximate surface area is 190 Å². The number of likely N-dealkylation sites (tertiary alicyclic amines) is 1. The average molecular weight is 430 g/mol. The lowest BCUT2D eigenvalue weighted by Crippen LogP contribution is -2.38. The standard InChI is InChI=1S/C27H31N3O2/c1-26(2)15-21-16-27(3,17-26)18-29(21)25(31)24-14-23(19-9-8-12-22(13-19)32-4)28-30(24)20-10-6-5-7-11-20/h5-14,21H,15-18H2,1-4H3/t21-,27-/m1/s1. The summed E-state index contributed by atoms with van der Waals surface area (Å²) < 4.78 is 7.19. The van der Waals surface area contributed by atoms with E-state index in [1.54, 1.807) is 11.8 Å². The number of benzene rings is 2. The van der Waals surface area contributed by atoms with E-state index in [2.05, 4.69) is 25.7 Å². The first kappa shape index (κ1) is 20.8. The largest absolute Gasteiger partial charge is 0.497 e. The van der Waals surface area contributed by atoms with Crippen molar-refractivity contribution in [1.29, 1.82) is 0 Å². The lowest BCUT2D eigenvalue weighted by atomic mass is 9.65. The normalized spacial score (nSPS) is 23.9. The van der Waals surface area contributed by atoms with Gasteiger partial charge in [0.25, 0.3) is 5.91 Å². The number of methoxy groups -OCH3 is 1. The molecule has 0 radical (unpaired) electrons. The Hall–Kier alpha value is -3.08. The first-order valence-electron chi connectivity index (χ1n) is 11.4. The summed E-state index contributed by atoms with van der Waals surface area (Å²) in [5, 5.41) is 4.86. The molecule has 5 heteroatoms. The fourth-order valence-electron chi connectivity index (χ4n) is 6.07. The van der Waals surface area contributed by atoms with Gasteiger partial charge in [-0.15, -0.1) is 0 Å². The van der Waals surface area contributed by atoms with Gasteiger partial charge in [-0.2, -0.15) is 5.10 Å². The van der Waals surface area contributed by atoms with Crippen LogP contribution < -0.4 is 4.74 Å². The summed E-state index contributed by atoms with van der Waals surface area (Å²) in [6.45, 7) is 7.82. The van der Waals surface area contributed by atoms with Crippen LogP contribution in [0.2, 0.25) is 0 Å². The molecule has 2 atom stereocenters. The summed E-state index contributed by atoms with van der Waals surface area (Å²) in [7, 11) is 1.66. The van der Waals surface area contributed by atoms with Crippen molar-refractivity contribution in [3.63, 3.8) is 0 Å². The van der Waals surface area contributed by atoms with Crippen LogP contribution in [-0.2, 0) is 0 Å². The van der Waals surface area contributed by atoms with Crippen molar-refractivity contribution < 1.29 is 9.53 Å². The highest BCUT2D eigenvalue weighted by Gasteiger charge is 2.51. The van der Waals surface area contributed by atoms with Crippen LogP contribution in [0.3, 0.4) is 0 Å². The maximum Gasteiger partial charge on any atom is 0.272 e. The molecule has 5 nitrogen and oxygen atoms in total. The lowest BCUT2D eigenvalue weighted by molar-refractivity contribution is 0.0699. The van der Waals surface area contributed by atoms with Crippen LogP contribution in [0.4, 0.5) is 0 Å².